The fraction of sp³-hybridized carbons (Fsp3) is 0.143. The molecule has 1 unspecified atom stereocenters. The first-order chi connectivity index (χ1) is 10.1. The summed E-state index contributed by atoms with van der Waals surface area (Å²) in [6, 6.07) is 10.2. The molecule has 0 bridgehead atoms. The van der Waals surface area contributed by atoms with Crippen molar-refractivity contribution in [1.29, 1.82) is 0 Å². The number of hydrogen-bond donors (Lipinski definition) is 1. The minimum absolute atomic E-state index is 0.123. The van der Waals surface area contributed by atoms with E-state index < -0.39 is 18.0 Å². The maximum absolute atomic E-state index is 12.4. The van der Waals surface area contributed by atoms with Crippen molar-refractivity contribution < 1.29 is 19.2 Å². The summed E-state index contributed by atoms with van der Waals surface area (Å²) in [4.78, 5) is 25.4. The van der Waals surface area contributed by atoms with E-state index in [1.54, 1.807) is 24.3 Å². The zero-order chi connectivity index (χ0) is 15.0. The molecule has 1 aliphatic rings. The molecule has 1 aromatic heterocycles. The summed E-state index contributed by atoms with van der Waals surface area (Å²) < 4.78 is 5.86. The summed E-state index contributed by atoms with van der Waals surface area (Å²) in [5.41, 5.74) is 0.623. The molecule has 7 heteroatoms. The summed E-state index contributed by atoms with van der Waals surface area (Å²) in [5.74, 6) is -0.868. The van der Waals surface area contributed by atoms with Gasteiger partial charge in [0.15, 0.2) is 11.9 Å². The van der Waals surface area contributed by atoms with E-state index in [4.69, 9.17) is 4.42 Å². The van der Waals surface area contributed by atoms with Crippen LogP contribution in [-0.4, -0.2) is 33.5 Å². The molecule has 0 radical (unpaired) electrons. The number of carbonyl (C=O) groups excluding carboxylic acids is 2. The third kappa shape index (κ3) is 2.45. The average Bonchev–Trinajstić information content (AvgIpc) is 3.08. The lowest BCUT2D eigenvalue weighted by atomic mass is 10.1. The lowest BCUT2D eigenvalue weighted by molar-refractivity contribution is -0.168. The van der Waals surface area contributed by atoms with E-state index in [9.17, 15) is 14.8 Å². The molecule has 1 aromatic carbocycles. The zero-order valence-corrected chi connectivity index (χ0v) is 12.4. The van der Waals surface area contributed by atoms with Crippen molar-refractivity contribution in [3.63, 3.8) is 0 Å². The summed E-state index contributed by atoms with van der Waals surface area (Å²) >= 11 is 3.33. The maximum Gasteiger partial charge on any atom is 0.291 e. The van der Waals surface area contributed by atoms with Crippen LogP contribution in [0.25, 0.3) is 0 Å². The van der Waals surface area contributed by atoms with Gasteiger partial charge in [0.25, 0.3) is 11.8 Å². The van der Waals surface area contributed by atoms with Crippen molar-refractivity contribution in [2.45, 2.75) is 6.17 Å². The highest BCUT2D eigenvalue weighted by Gasteiger charge is 2.42. The van der Waals surface area contributed by atoms with Crippen LogP contribution in [-0.2, 0) is 4.79 Å². The Morgan fingerprint density at radius 1 is 1.33 bits per heavy atom. The monoisotopic (exact) mass is 350 g/mol. The molecule has 0 aliphatic carbocycles. The van der Waals surface area contributed by atoms with Crippen LogP contribution in [0.15, 0.2) is 51.6 Å². The van der Waals surface area contributed by atoms with Gasteiger partial charge in [0.2, 0.25) is 0 Å². The van der Waals surface area contributed by atoms with E-state index in [1.165, 1.54) is 17.2 Å². The molecule has 1 saturated heterocycles. The molecule has 2 aromatic rings. The Balaban J connectivity index is 1.99. The van der Waals surface area contributed by atoms with Crippen molar-refractivity contribution in [1.82, 2.24) is 9.96 Å². The van der Waals surface area contributed by atoms with Gasteiger partial charge in [-0.2, -0.15) is 5.06 Å². The quantitative estimate of drug-likeness (QED) is 0.844. The number of furan rings is 1. The third-order valence-corrected chi connectivity index (χ3v) is 3.72. The van der Waals surface area contributed by atoms with E-state index >= 15 is 0 Å². The molecule has 1 N–H and O–H groups in total. The van der Waals surface area contributed by atoms with Crippen LogP contribution >= 0.6 is 15.9 Å². The number of halogens is 1. The first-order valence-corrected chi connectivity index (χ1v) is 6.98. The lowest BCUT2D eigenvalue weighted by Crippen LogP contribution is -2.34. The second kappa shape index (κ2) is 5.34. The molecule has 6 nitrogen and oxygen atoms in total. The Bertz CT molecular complexity index is 686. The Morgan fingerprint density at radius 3 is 2.81 bits per heavy atom. The van der Waals surface area contributed by atoms with Gasteiger partial charge in [-0.1, -0.05) is 28.1 Å². The average molecular weight is 351 g/mol. The van der Waals surface area contributed by atoms with Crippen LogP contribution in [0, 0.1) is 0 Å². The number of hydroxylamine groups is 2. The van der Waals surface area contributed by atoms with E-state index in [1.807, 2.05) is 6.07 Å². The molecule has 21 heavy (non-hydrogen) atoms. The minimum Gasteiger partial charge on any atom is -0.459 e. The van der Waals surface area contributed by atoms with Crippen molar-refractivity contribution in [3.05, 3.63) is 58.5 Å². The number of benzene rings is 1. The molecule has 1 atom stereocenters. The number of carbonyl (C=O) groups is 2. The topological polar surface area (TPSA) is 74.0 Å². The molecule has 3 rings (SSSR count). The SMILES string of the molecule is O=C1CN(C(=O)c2ccco2)C(c2cccc(Br)c2)N1O. The molecule has 0 spiro atoms. The van der Waals surface area contributed by atoms with Crippen LogP contribution in [0.4, 0.5) is 0 Å². The fourth-order valence-corrected chi connectivity index (χ4v) is 2.70. The number of rotatable bonds is 2. The normalized spacial score (nSPS) is 18.4. The predicted octanol–water partition coefficient (Wildman–Crippen LogP) is 2.41. The first kappa shape index (κ1) is 13.8. The number of hydrogen-bond acceptors (Lipinski definition) is 4. The molecule has 2 heterocycles. The van der Waals surface area contributed by atoms with Gasteiger partial charge in [0.1, 0.15) is 6.54 Å². The molecule has 0 saturated carbocycles. The highest BCUT2D eigenvalue weighted by atomic mass is 79.9. The molecular formula is C14H11BrN2O4. The van der Waals surface area contributed by atoms with Crippen LogP contribution in [0.3, 0.4) is 0 Å². The van der Waals surface area contributed by atoms with E-state index in [0.29, 0.717) is 10.6 Å². The van der Waals surface area contributed by atoms with Gasteiger partial charge < -0.3 is 4.42 Å². The van der Waals surface area contributed by atoms with Crippen molar-refractivity contribution in [2.75, 3.05) is 6.54 Å². The summed E-state index contributed by atoms with van der Waals surface area (Å²) in [7, 11) is 0. The Morgan fingerprint density at radius 2 is 2.14 bits per heavy atom. The van der Waals surface area contributed by atoms with E-state index in [-0.39, 0.29) is 12.3 Å². The number of amides is 2. The van der Waals surface area contributed by atoms with Crippen molar-refractivity contribution >= 4 is 27.7 Å². The zero-order valence-electron chi connectivity index (χ0n) is 10.8. The fourth-order valence-electron chi connectivity index (χ4n) is 2.29. The second-order valence-corrected chi connectivity index (χ2v) is 5.49. The van der Waals surface area contributed by atoms with E-state index in [2.05, 4.69) is 15.9 Å². The summed E-state index contributed by atoms with van der Waals surface area (Å²) in [5, 5.41) is 10.5. The molecule has 108 valence electrons. The molecule has 1 aliphatic heterocycles. The van der Waals surface area contributed by atoms with Gasteiger partial charge in [-0.25, -0.2) is 0 Å². The second-order valence-electron chi connectivity index (χ2n) is 4.58. The van der Waals surface area contributed by atoms with Gasteiger partial charge in [0.05, 0.1) is 6.26 Å². The number of nitrogens with zero attached hydrogens (tertiary/aromatic N) is 2. The van der Waals surface area contributed by atoms with Crippen molar-refractivity contribution in [2.24, 2.45) is 0 Å². The van der Waals surface area contributed by atoms with Gasteiger partial charge in [0, 0.05) is 4.47 Å². The van der Waals surface area contributed by atoms with Gasteiger partial charge in [-0.3, -0.25) is 19.7 Å². The Labute approximate surface area is 128 Å². The largest absolute Gasteiger partial charge is 0.459 e. The third-order valence-electron chi connectivity index (χ3n) is 3.23. The molecule has 1 fully saturated rings. The van der Waals surface area contributed by atoms with Crippen LogP contribution in [0.2, 0.25) is 0 Å². The predicted molar refractivity (Wildman–Crippen MR) is 75.3 cm³/mol. The Hall–Kier alpha value is -2.12. The minimum atomic E-state index is -0.868. The van der Waals surface area contributed by atoms with Crippen molar-refractivity contribution in [3.8, 4) is 0 Å². The highest BCUT2D eigenvalue weighted by Crippen LogP contribution is 2.31. The summed E-state index contributed by atoms with van der Waals surface area (Å²) in [6.45, 7) is -0.201. The highest BCUT2D eigenvalue weighted by molar-refractivity contribution is 9.10. The molecule has 2 amide bonds. The van der Waals surface area contributed by atoms with Gasteiger partial charge in [-0.05, 0) is 29.8 Å². The van der Waals surface area contributed by atoms with Gasteiger partial charge >= 0.3 is 0 Å². The Kier molecular flexibility index (Phi) is 3.52. The lowest BCUT2D eigenvalue weighted by Gasteiger charge is -2.25. The molecular weight excluding hydrogens is 340 g/mol. The van der Waals surface area contributed by atoms with Gasteiger partial charge in [-0.15, -0.1) is 0 Å². The van der Waals surface area contributed by atoms with E-state index in [0.717, 1.165) is 4.47 Å². The maximum atomic E-state index is 12.4. The van der Waals surface area contributed by atoms with Crippen LogP contribution in [0.1, 0.15) is 22.3 Å². The standard InChI is InChI=1S/C14H11BrN2O4/c15-10-4-1-3-9(7-10)13-16(8-12(18)17(13)20)14(19)11-5-2-6-21-11/h1-7,13,20H,8H2. The first-order valence-electron chi connectivity index (χ1n) is 6.19. The van der Waals surface area contributed by atoms with Crippen LogP contribution < -0.4 is 0 Å². The summed E-state index contributed by atoms with van der Waals surface area (Å²) in [6.07, 6.45) is 0.517. The van der Waals surface area contributed by atoms with Crippen LogP contribution in [0.5, 0.6) is 0 Å². The smallest absolute Gasteiger partial charge is 0.291 e.